The van der Waals surface area contributed by atoms with E-state index in [9.17, 15) is 0 Å². The summed E-state index contributed by atoms with van der Waals surface area (Å²) in [7, 11) is 0. The van der Waals surface area contributed by atoms with Gasteiger partial charge in [-0.2, -0.15) is 4.98 Å². The molecule has 0 saturated heterocycles. The van der Waals surface area contributed by atoms with Gasteiger partial charge in [0.15, 0.2) is 0 Å². The van der Waals surface area contributed by atoms with Gasteiger partial charge in [0.05, 0.1) is 0 Å². The summed E-state index contributed by atoms with van der Waals surface area (Å²) in [6.45, 7) is 0. The van der Waals surface area contributed by atoms with E-state index >= 15 is 0 Å². The summed E-state index contributed by atoms with van der Waals surface area (Å²) in [5, 5.41) is 3.70. The SMILES string of the molecule is Brc1cnccc1-c1ncon1. The normalized spacial score (nSPS) is 10.1. The zero-order valence-electron chi connectivity index (χ0n) is 5.94. The second kappa shape index (κ2) is 3.02. The topological polar surface area (TPSA) is 51.8 Å². The minimum Gasteiger partial charge on any atom is -0.342 e. The van der Waals surface area contributed by atoms with Crippen molar-refractivity contribution < 1.29 is 4.52 Å². The van der Waals surface area contributed by atoms with Crippen LogP contribution in [-0.4, -0.2) is 15.1 Å². The lowest BCUT2D eigenvalue weighted by molar-refractivity contribution is 0.418. The van der Waals surface area contributed by atoms with E-state index < -0.39 is 0 Å². The van der Waals surface area contributed by atoms with Crippen LogP contribution in [0.2, 0.25) is 0 Å². The van der Waals surface area contributed by atoms with Gasteiger partial charge in [-0.15, -0.1) is 0 Å². The average Bonchev–Trinajstić information content (AvgIpc) is 2.57. The Morgan fingerprint density at radius 2 is 2.33 bits per heavy atom. The molecule has 0 fully saturated rings. The van der Waals surface area contributed by atoms with Crippen LogP contribution in [0.5, 0.6) is 0 Å². The van der Waals surface area contributed by atoms with Gasteiger partial charge in [0.2, 0.25) is 12.2 Å². The van der Waals surface area contributed by atoms with Crippen LogP contribution in [0.4, 0.5) is 0 Å². The highest BCUT2D eigenvalue weighted by molar-refractivity contribution is 9.10. The van der Waals surface area contributed by atoms with E-state index in [2.05, 4.69) is 35.6 Å². The lowest BCUT2D eigenvalue weighted by atomic mass is 10.2. The number of aromatic nitrogens is 3. The molecule has 0 amide bonds. The fourth-order valence-electron chi connectivity index (χ4n) is 0.846. The third-order valence-corrected chi connectivity index (χ3v) is 2.01. The summed E-state index contributed by atoms with van der Waals surface area (Å²) in [6, 6.07) is 1.81. The minimum atomic E-state index is 0.560. The molecule has 0 aliphatic rings. The molecule has 12 heavy (non-hydrogen) atoms. The van der Waals surface area contributed by atoms with Crippen LogP contribution in [0.25, 0.3) is 11.4 Å². The molecule has 5 heteroatoms. The maximum Gasteiger partial charge on any atom is 0.214 e. The molecule has 2 aromatic heterocycles. The molecule has 0 bridgehead atoms. The molecular weight excluding hydrogens is 222 g/mol. The van der Waals surface area contributed by atoms with E-state index in [1.54, 1.807) is 12.4 Å². The number of hydrogen-bond donors (Lipinski definition) is 0. The predicted octanol–water partition coefficient (Wildman–Crippen LogP) is 1.89. The molecule has 60 valence electrons. The largest absolute Gasteiger partial charge is 0.342 e. The maximum absolute atomic E-state index is 4.62. The first-order valence-electron chi connectivity index (χ1n) is 3.24. The Bertz CT molecular complexity index is 374. The van der Waals surface area contributed by atoms with Gasteiger partial charge in [0.1, 0.15) is 0 Å². The molecular formula is C7H4BrN3O. The summed E-state index contributed by atoms with van der Waals surface area (Å²) >= 11 is 3.33. The zero-order valence-corrected chi connectivity index (χ0v) is 7.52. The molecule has 0 aliphatic carbocycles. The van der Waals surface area contributed by atoms with E-state index in [0.717, 1.165) is 10.0 Å². The molecule has 0 unspecified atom stereocenters. The molecule has 0 atom stereocenters. The van der Waals surface area contributed by atoms with Gasteiger partial charge in [-0.3, -0.25) is 4.98 Å². The predicted molar refractivity (Wildman–Crippen MR) is 45.2 cm³/mol. The van der Waals surface area contributed by atoms with Crippen molar-refractivity contribution in [2.45, 2.75) is 0 Å². The third kappa shape index (κ3) is 1.23. The van der Waals surface area contributed by atoms with Gasteiger partial charge in [-0.25, -0.2) is 0 Å². The number of hydrogen-bond acceptors (Lipinski definition) is 4. The van der Waals surface area contributed by atoms with Gasteiger partial charge in [0.25, 0.3) is 0 Å². The summed E-state index contributed by atoms with van der Waals surface area (Å²) in [5.41, 5.74) is 0.874. The van der Waals surface area contributed by atoms with E-state index in [4.69, 9.17) is 0 Å². The smallest absolute Gasteiger partial charge is 0.214 e. The Kier molecular flexibility index (Phi) is 1.87. The van der Waals surface area contributed by atoms with Gasteiger partial charge in [-0.05, 0) is 22.0 Å². The van der Waals surface area contributed by atoms with Crippen molar-refractivity contribution in [1.29, 1.82) is 0 Å². The standard InChI is InChI=1S/C7H4BrN3O/c8-6-3-9-2-1-5(6)7-10-4-12-11-7/h1-4H. The van der Waals surface area contributed by atoms with Crippen LogP contribution in [0.1, 0.15) is 0 Å². The second-order valence-corrected chi connectivity index (χ2v) is 2.96. The summed E-state index contributed by atoms with van der Waals surface area (Å²) in [4.78, 5) is 7.83. The van der Waals surface area contributed by atoms with Crippen molar-refractivity contribution in [2.24, 2.45) is 0 Å². The lowest BCUT2D eigenvalue weighted by Gasteiger charge is -1.95. The highest BCUT2D eigenvalue weighted by Crippen LogP contribution is 2.23. The minimum absolute atomic E-state index is 0.560. The quantitative estimate of drug-likeness (QED) is 0.744. The lowest BCUT2D eigenvalue weighted by Crippen LogP contribution is -1.82. The Hall–Kier alpha value is -1.23. The second-order valence-electron chi connectivity index (χ2n) is 2.11. The molecule has 0 aromatic carbocycles. The summed E-state index contributed by atoms with van der Waals surface area (Å²) < 4.78 is 5.47. The molecule has 4 nitrogen and oxygen atoms in total. The van der Waals surface area contributed by atoms with E-state index in [1.165, 1.54) is 6.39 Å². The molecule has 0 saturated carbocycles. The monoisotopic (exact) mass is 225 g/mol. The van der Waals surface area contributed by atoms with Crippen LogP contribution in [0, 0.1) is 0 Å². The number of nitrogens with zero attached hydrogens (tertiary/aromatic N) is 3. The third-order valence-electron chi connectivity index (χ3n) is 1.37. The molecule has 2 rings (SSSR count). The first kappa shape index (κ1) is 7.42. The first-order valence-corrected chi connectivity index (χ1v) is 4.03. The van der Waals surface area contributed by atoms with Crippen LogP contribution in [0.3, 0.4) is 0 Å². The zero-order chi connectivity index (χ0) is 8.39. The summed E-state index contributed by atoms with van der Waals surface area (Å²) in [5.74, 6) is 0.560. The first-order chi connectivity index (χ1) is 5.88. The number of halogens is 1. The molecule has 0 radical (unpaired) electrons. The molecule has 0 spiro atoms. The van der Waals surface area contributed by atoms with Crippen LogP contribution in [-0.2, 0) is 0 Å². The number of pyridine rings is 1. The van der Waals surface area contributed by atoms with Crippen LogP contribution < -0.4 is 0 Å². The summed E-state index contributed by atoms with van der Waals surface area (Å²) in [6.07, 6.45) is 4.66. The molecule has 2 aromatic rings. The van der Waals surface area contributed by atoms with Crippen molar-refractivity contribution in [2.75, 3.05) is 0 Å². The van der Waals surface area contributed by atoms with Gasteiger partial charge in [-0.1, -0.05) is 5.16 Å². The Morgan fingerprint density at radius 1 is 1.42 bits per heavy atom. The van der Waals surface area contributed by atoms with Crippen molar-refractivity contribution in [3.63, 3.8) is 0 Å². The maximum atomic E-state index is 4.62. The Labute approximate surface area is 76.8 Å². The highest BCUT2D eigenvalue weighted by Gasteiger charge is 2.05. The van der Waals surface area contributed by atoms with Gasteiger partial charge < -0.3 is 4.52 Å². The van der Waals surface area contributed by atoms with Crippen molar-refractivity contribution in [3.05, 3.63) is 29.3 Å². The van der Waals surface area contributed by atoms with E-state index in [1.807, 2.05) is 6.07 Å². The fourth-order valence-corrected chi connectivity index (χ4v) is 1.27. The molecule has 2 heterocycles. The van der Waals surface area contributed by atoms with Gasteiger partial charge >= 0.3 is 0 Å². The van der Waals surface area contributed by atoms with Gasteiger partial charge in [0, 0.05) is 22.4 Å². The van der Waals surface area contributed by atoms with Crippen molar-refractivity contribution in [1.82, 2.24) is 15.1 Å². The van der Waals surface area contributed by atoms with Crippen LogP contribution in [0.15, 0.2) is 33.8 Å². The van der Waals surface area contributed by atoms with Crippen LogP contribution >= 0.6 is 15.9 Å². The van der Waals surface area contributed by atoms with Crippen molar-refractivity contribution >= 4 is 15.9 Å². The van der Waals surface area contributed by atoms with E-state index in [-0.39, 0.29) is 0 Å². The number of rotatable bonds is 1. The average molecular weight is 226 g/mol. The Balaban J connectivity index is 2.55. The molecule has 0 aliphatic heterocycles. The highest BCUT2D eigenvalue weighted by atomic mass is 79.9. The Morgan fingerprint density at radius 3 is 3.00 bits per heavy atom. The van der Waals surface area contributed by atoms with Crippen molar-refractivity contribution in [3.8, 4) is 11.4 Å². The molecule has 0 N–H and O–H groups in total. The fraction of sp³-hybridized carbons (Fsp3) is 0. The van der Waals surface area contributed by atoms with E-state index in [0.29, 0.717) is 5.82 Å².